The van der Waals surface area contributed by atoms with E-state index in [0.29, 0.717) is 45.6 Å². The van der Waals surface area contributed by atoms with Gasteiger partial charge in [-0.2, -0.15) is 0 Å². The second-order valence-electron chi connectivity index (χ2n) is 20.0. The molecule has 400 valence electrons. The van der Waals surface area contributed by atoms with Crippen molar-refractivity contribution in [1.29, 1.82) is 0 Å². The number of hydrogen-bond donors (Lipinski definition) is 3. The number of rotatable bonds is 41. The van der Waals surface area contributed by atoms with Gasteiger partial charge < -0.3 is 34.9 Å². The minimum Gasteiger partial charge on any atom is -0.465 e. The molecule has 0 saturated carbocycles. The highest BCUT2D eigenvalue weighted by molar-refractivity contribution is 5.86. The Morgan fingerprint density at radius 1 is 0.583 bits per heavy atom. The molecule has 2 aliphatic rings. The van der Waals surface area contributed by atoms with Gasteiger partial charge >= 0.3 is 12.2 Å². The van der Waals surface area contributed by atoms with Crippen molar-refractivity contribution in [3.05, 3.63) is 108 Å². The number of ether oxygens (including phenoxy) is 3. The van der Waals surface area contributed by atoms with Crippen LogP contribution in [-0.2, 0) is 19.0 Å². The number of carboxylic acid groups (broad SMARTS) is 1. The van der Waals surface area contributed by atoms with Crippen molar-refractivity contribution >= 4 is 18.1 Å². The van der Waals surface area contributed by atoms with Crippen LogP contribution in [0.25, 0.3) is 11.1 Å². The minimum atomic E-state index is -1.08. The molecule has 3 atom stereocenters. The average Bonchev–Trinajstić information content (AvgIpc) is 3.95. The first kappa shape index (κ1) is 59.9. The van der Waals surface area contributed by atoms with Crippen molar-refractivity contribution in [3.63, 3.8) is 0 Å². The summed E-state index contributed by atoms with van der Waals surface area (Å²) in [5, 5.41) is 14.4. The van der Waals surface area contributed by atoms with Crippen LogP contribution in [0.4, 0.5) is 9.59 Å². The lowest BCUT2D eigenvalue weighted by atomic mass is 9.98. The first-order valence-electron chi connectivity index (χ1n) is 28.6. The fraction of sp³-hybridized carbons (Fsp3) is 0.629. The van der Waals surface area contributed by atoms with Crippen molar-refractivity contribution < 1.29 is 33.7 Å². The summed E-state index contributed by atoms with van der Waals surface area (Å²) in [5.74, 6) is -0.305. The molecule has 0 radical (unpaired) electrons. The molecule has 3 N–H and O–H groups in total. The molecule has 1 saturated heterocycles. The number of nitrogens with one attached hydrogen (secondary N) is 2. The molecular formula is C62H95N3O7. The Kier molecular flexibility index (Phi) is 32.3. The van der Waals surface area contributed by atoms with Crippen LogP contribution in [0.3, 0.4) is 0 Å². The number of allylic oxidation sites excluding steroid dienone is 8. The second-order valence-corrected chi connectivity index (χ2v) is 20.0. The second kappa shape index (κ2) is 38.9. The number of fused-ring (bicyclic) bond motifs is 3. The number of alkyl carbamates (subject to hydrolysis) is 1. The Hall–Kier alpha value is -4.67. The largest absolute Gasteiger partial charge is 0.465 e. The van der Waals surface area contributed by atoms with Crippen LogP contribution in [0.1, 0.15) is 204 Å². The highest BCUT2D eigenvalue weighted by atomic mass is 16.6. The van der Waals surface area contributed by atoms with Crippen LogP contribution in [-0.4, -0.2) is 85.8 Å². The molecule has 2 aromatic carbocycles. The number of carbonyl (C=O) groups is 3. The zero-order chi connectivity index (χ0) is 51.1. The van der Waals surface area contributed by atoms with E-state index in [1.54, 1.807) is 4.90 Å². The third kappa shape index (κ3) is 24.8. The number of hydrogen-bond acceptors (Lipinski definition) is 6. The lowest BCUT2D eigenvalue weighted by Gasteiger charge is -2.24. The van der Waals surface area contributed by atoms with Gasteiger partial charge in [0.15, 0.2) is 0 Å². The molecule has 2 unspecified atom stereocenters. The van der Waals surface area contributed by atoms with Gasteiger partial charge in [-0.1, -0.05) is 188 Å². The van der Waals surface area contributed by atoms with E-state index in [2.05, 4.69) is 97.4 Å². The van der Waals surface area contributed by atoms with Crippen LogP contribution >= 0.6 is 0 Å². The Labute approximate surface area is 435 Å². The zero-order valence-corrected chi connectivity index (χ0v) is 44.7. The SMILES string of the molecule is CCCCC/C=C\C/C=C\CCCCCCCCOC1CN(C(=O)[C@H](CCCCNC(=O)O)NC(=O)OCC2c3ccccc3-c3ccccc32)CC1OCCCCCCCC/C=C\C/C=C\CCCCC. The highest BCUT2D eigenvalue weighted by Gasteiger charge is 2.39. The average molecular weight is 994 g/mol. The molecule has 2 aromatic rings. The minimum absolute atomic E-state index is 0.108. The fourth-order valence-corrected chi connectivity index (χ4v) is 9.82. The van der Waals surface area contributed by atoms with Gasteiger partial charge in [-0.25, -0.2) is 9.59 Å². The monoisotopic (exact) mass is 994 g/mol. The van der Waals surface area contributed by atoms with E-state index in [1.165, 1.54) is 103 Å². The Balaban J connectivity index is 1.25. The van der Waals surface area contributed by atoms with Gasteiger partial charge in [-0.15, -0.1) is 0 Å². The van der Waals surface area contributed by atoms with Crippen molar-refractivity contribution in [2.24, 2.45) is 0 Å². The Morgan fingerprint density at radius 2 is 1.03 bits per heavy atom. The van der Waals surface area contributed by atoms with Crippen molar-refractivity contribution in [3.8, 4) is 11.1 Å². The van der Waals surface area contributed by atoms with Gasteiger partial charge in [0, 0.05) is 38.8 Å². The van der Waals surface area contributed by atoms with Gasteiger partial charge in [-0.05, 0) is 119 Å². The molecule has 0 bridgehead atoms. The maximum atomic E-state index is 14.4. The highest BCUT2D eigenvalue weighted by Crippen LogP contribution is 2.44. The topological polar surface area (TPSA) is 126 Å². The molecule has 10 heteroatoms. The summed E-state index contributed by atoms with van der Waals surface area (Å²) in [6, 6.07) is 15.6. The summed E-state index contributed by atoms with van der Waals surface area (Å²) < 4.78 is 19.0. The van der Waals surface area contributed by atoms with E-state index in [1.807, 2.05) is 24.3 Å². The number of amides is 3. The lowest BCUT2D eigenvalue weighted by molar-refractivity contribution is -0.133. The first-order valence-corrected chi connectivity index (χ1v) is 28.6. The quantitative estimate of drug-likeness (QED) is 0.0447. The summed E-state index contributed by atoms with van der Waals surface area (Å²) in [5.41, 5.74) is 4.52. The van der Waals surface area contributed by atoms with Crippen molar-refractivity contribution in [1.82, 2.24) is 15.5 Å². The Morgan fingerprint density at radius 3 is 1.50 bits per heavy atom. The third-order valence-corrected chi connectivity index (χ3v) is 14.0. The number of benzene rings is 2. The van der Waals surface area contributed by atoms with Crippen LogP contribution in [0, 0.1) is 0 Å². The smallest absolute Gasteiger partial charge is 0.407 e. The first-order chi connectivity index (χ1) is 35.4. The number of nitrogens with zero attached hydrogens (tertiary/aromatic N) is 1. The van der Waals surface area contributed by atoms with E-state index in [4.69, 9.17) is 19.3 Å². The van der Waals surface area contributed by atoms with Crippen LogP contribution in [0.2, 0.25) is 0 Å². The van der Waals surface area contributed by atoms with Crippen LogP contribution in [0.5, 0.6) is 0 Å². The predicted molar refractivity (Wildman–Crippen MR) is 297 cm³/mol. The van der Waals surface area contributed by atoms with Gasteiger partial charge in [0.2, 0.25) is 5.91 Å². The Bertz CT molecular complexity index is 1790. The molecule has 1 aliphatic carbocycles. The predicted octanol–water partition coefficient (Wildman–Crippen LogP) is 15.6. The van der Waals surface area contributed by atoms with Crippen molar-refractivity contribution in [2.75, 3.05) is 39.5 Å². The normalized spacial score (nSPS) is 16.1. The molecule has 0 spiro atoms. The fourth-order valence-electron chi connectivity index (χ4n) is 9.82. The summed E-state index contributed by atoms with van der Waals surface area (Å²) in [6.07, 6.45) is 46.0. The van der Waals surface area contributed by atoms with Gasteiger partial charge in [0.05, 0.1) is 0 Å². The van der Waals surface area contributed by atoms with Crippen LogP contribution in [0.15, 0.2) is 97.1 Å². The van der Waals surface area contributed by atoms with Gasteiger partial charge in [-0.3, -0.25) is 4.79 Å². The molecule has 3 amide bonds. The lowest BCUT2D eigenvalue weighted by Crippen LogP contribution is -2.48. The number of unbranched alkanes of at least 4 members (excludes halogenated alkanes) is 19. The molecule has 72 heavy (non-hydrogen) atoms. The number of likely N-dealkylation sites (tertiary alicyclic amines) is 1. The number of carbonyl (C=O) groups excluding carboxylic acids is 2. The molecule has 10 nitrogen and oxygen atoms in total. The van der Waals surface area contributed by atoms with E-state index in [9.17, 15) is 14.4 Å². The maximum Gasteiger partial charge on any atom is 0.407 e. The molecule has 1 heterocycles. The zero-order valence-electron chi connectivity index (χ0n) is 44.7. The van der Waals surface area contributed by atoms with Gasteiger partial charge in [0.1, 0.15) is 24.9 Å². The summed E-state index contributed by atoms with van der Waals surface area (Å²) in [6.45, 7) is 6.90. The molecule has 1 aliphatic heterocycles. The molecule has 1 fully saturated rings. The van der Waals surface area contributed by atoms with E-state index in [-0.39, 0.29) is 37.2 Å². The molecule has 4 rings (SSSR count). The summed E-state index contributed by atoms with van der Waals surface area (Å²) >= 11 is 0. The standard InChI is InChI=1S/C62H95N3O7/c1-3-5-7-9-11-13-15-17-19-21-23-25-27-29-31-39-47-70-58-49-65(50-59(58)71-48-40-32-30-28-26-24-22-20-18-16-14-12-10-8-6-4-2)60(66)57(45-37-38-46-63-61(67)68)64-62(69)72-51-56-54-43-35-33-41-52(54)53-42-34-36-44-55(53)56/h11-14,17-20,33-36,41-44,56-59,63H,3-10,15-16,21-32,37-40,45-51H2,1-2H3,(H,64,69)(H,67,68)/b13-11-,14-12-,19-17-,20-18-/t57-,58?,59?/m0/s1. The van der Waals surface area contributed by atoms with E-state index < -0.39 is 18.2 Å². The van der Waals surface area contributed by atoms with Crippen molar-refractivity contribution in [2.45, 2.75) is 211 Å². The van der Waals surface area contributed by atoms with E-state index >= 15 is 0 Å². The van der Waals surface area contributed by atoms with E-state index in [0.717, 1.165) is 73.6 Å². The maximum absolute atomic E-state index is 14.4. The molecular weight excluding hydrogens is 899 g/mol. The van der Waals surface area contributed by atoms with Gasteiger partial charge in [0.25, 0.3) is 0 Å². The summed E-state index contributed by atoms with van der Waals surface area (Å²) in [4.78, 5) is 40.9. The summed E-state index contributed by atoms with van der Waals surface area (Å²) in [7, 11) is 0. The molecule has 0 aromatic heterocycles. The third-order valence-electron chi connectivity index (χ3n) is 14.0. The van der Waals surface area contributed by atoms with Crippen LogP contribution < -0.4 is 10.6 Å².